The van der Waals surface area contributed by atoms with Gasteiger partial charge in [0.25, 0.3) is 0 Å². The molecule has 4 aromatic rings. The molecule has 0 fully saturated rings. The number of thiophene rings is 1. The molecule has 1 amide bonds. The first-order valence-electron chi connectivity index (χ1n) is 11.2. The molecule has 11 heteroatoms. The molecule has 35 heavy (non-hydrogen) atoms. The lowest BCUT2D eigenvalue weighted by molar-refractivity contribution is -0.115. The van der Waals surface area contributed by atoms with Gasteiger partial charge in [-0.25, -0.2) is 9.78 Å². The van der Waals surface area contributed by atoms with Crippen LogP contribution in [0.5, 0.6) is 0 Å². The molecule has 0 aliphatic rings. The van der Waals surface area contributed by atoms with Gasteiger partial charge in [0.15, 0.2) is 5.65 Å². The van der Waals surface area contributed by atoms with Crippen molar-refractivity contribution in [3.8, 4) is 6.07 Å². The van der Waals surface area contributed by atoms with Gasteiger partial charge >= 0.3 is 5.97 Å². The van der Waals surface area contributed by atoms with Crippen LogP contribution in [-0.2, 0) is 16.1 Å². The number of nitrogens with one attached hydrogen (secondary N) is 1. The summed E-state index contributed by atoms with van der Waals surface area (Å²) in [5.74, 6) is -0.808. The van der Waals surface area contributed by atoms with E-state index in [1.807, 2.05) is 38.1 Å². The minimum atomic E-state index is -0.520. The van der Waals surface area contributed by atoms with Crippen molar-refractivity contribution in [3.05, 3.63) is 40.3 Å². The van der Waals surface area contributed by atoms with E-state index in [1.165, 1.54) is 11.8 Å². The Morgan fingerprint density at radius 3 is 2.71 bits per heavy atom. The summed E-state index contributed by atoms with van der Waals surface area (Å²) in [5.41, 5.74) is 3.24. The van der Waals surface area contributed by atoms with Crippen molar-refractivity contribution < 1.29 is 14.3 Å². The van der Waals surface area contributed by atoms with Gasteiger partial charge in [0.05, 0.1) is 22.9 Å². The number of carbonyl (C=O) groups excluding carboxylic acids is 2. The second kappa shape index (κ2) is 10.4. The molecular formula is C24H24N6O3S2. The van der Waals surface area contributed by atoms with Gasteiger partial charge < -0.3 is 14.6 Å². The number of carbonyl (C=O) groups is 2. The van der Waals surface area contributed by atoms with E-state index in [9.17, 15) is 14.9 Å². The Bertz CT molecular complexity index is 1470. The third-order valence-electron chi connectivity index (χ3n) is 5.54. The number of aromatic nitrogens is 4. The maximum atomic E-state index is 13.1. The highest BCUT2D eigenvalue weighted by Crippen LogP contribution is 2.34. The summed E-state index contributed by atoms with van der Waals surface area (Å²) in [6, 6.07) is 10.0. The molecular weight excluding hydrogens is 484 g/mol. The molecule has 0 aliphatic heterocycles. The SMILES string of the molecule is CCOC(=O)c1sc(NC(=O)C(CC)Sc2nnc3c4ccccc4n(CC)c3n2)c(C#N)c1C. The lowest BCUT2D eigenvalue weighted by Gasteiger charge is -2.13. The normalized spacial score (nSPS) is 12.0. The van der Waals surface area contributed by atoms with Gasteiger partial charge in [-0.1, -0.05) is 36.9 Å². The number of thioether (sulfide) groups is 1. The number of aryl methyl sites for hydroxylation is 1. The molecule has 0 spiro atoms. The van der Waals surface area contributed by atoms with Crippen LogP contribution in [0.2, 0.25) is 0 Å². The minimum absolute atomic E-state index is 0.226. The number of esters is 1. The van der Waals surface area contributed by atoms with Gasteiger partial charge in [0.1, 0.15) is 21.5 Å². The van der Waals surface area contributed by atoms with E-state index >= 15 is 0 Å². The molecule has 1 aromatic carbocycles. The number of nitrogens with zero attached hydrogens (tertiary/aromatic N) is 5. The Morgan fingerprint density at radius 2 is 2.03 bits per heavy atom. The molecule has 1 atom stereocenters. The van der Waals surface area contributed by atoms with Crippen molar-refractivity contribution in [2.75, 3.05) is 11.9 Å². The average molecular weight is 509 g/mol. The summed E-state index contributed by atoms with van der Waals surface area (Å²) in [4.78, 5) is 30.4. The van der Waals surface area contributed by atoms with Crippen LogP contribution in [0.4, 0.5) is 5.00 Å². The van der Waals surface area contributed by atoms with Crippen molar-refractivity contribution in [2.45, 2.75) is 51.1 Å². The maximum Gasteiger partial charge on any atom is 0.348 e. The topological polar surface area (TPSA) is 123 Å². The fraction of sp³-hybridized carbons (Fsp3) is 0.333. The number of nitriles is 1. The quantitative estimate of drug-likeness (QED) is 0.263. The Balaban J connectivity index is 1.60. The summed E-state index contributed by atoms with van der Waals surface area (Å²) >= 11 is 2.26. The zero-order valence-electron chi connectivity index (χ0n) is 19.8. The Hall–Kier alpha value is -3.49. The Morgan fingerprint density at radius 1 is 1.26 bits per heavy atom. The van der Waals surface area contributed by atoms with E-state index in [0.717, 1.165) is 39.9 Å². The highest BCUT2D eigenvalue weighted by Gasteiger charge is 2.26. The molecule has 1 N–H and O–H groups in total. The van der Waals surface area contributed by atoms with Gasteiger partial charge in [-0.05, 0) is 38.8 Å². The number of amides is 1. The number of ether oxygens (including phenoxy) is 1. The zero-order valence-corrected chi connectivity index (χ0v) is 21.4. The fourth-order valence-corrected chi connectivity index (χ4v) is 5.70. The van der Waals surface area contributed by atoms with E-state index in [1.54, 1.807) is 13.8 Å². The number of fused-ring (bicyclic) bond motifs is 3. The van der Waals surface area contributed by atoms with E-state index in [4.69, 9.17) is 9.72 Å². The monoisotopic (exact) mass is 508 g/mol. The maximum absolute atomic E-state index is 13.1. The van der Waals surface area contributed by atoms with Crippen LogP contribution in [0.3, 0.4) is 0 Å². The van der Waals surface area contributed by atoms with Crippen LogP contribution in [0.15, 0.2) is 29.4 Å². The summed E-state index contributed by atoms with van der Waals surface area (Å²) in [6.45, 7) is 8.27. The highest BCUT2D eigenvalue weighted by atomic mass is 32.2. The first-order chi connectivity index (χ1) is 16.9. The van der Waals surface area contributed by atoms with Gasteiger partial charge in [-0.15, -0.1) is 21.5 Å². The van der Waals surface area contributed by atoms with Crippen LogP contribution >= 0.6 is 23.1 Å². The van der Waals surface area contributed by atoms with E-state index in [0.29, 0.717) is 27.0 Å². The highest BCUT2D eigenvalue weighted by molar-refractivity contribution is 8.00. The van der Waals surface area contributed by atoms with Crippen LogP contribution in [0.25, 0.3) is 22.1 Å². The molecule has 0 bridgehead atoms. The van der Waals surface area contributed by atoms with Gasteiger partial charge in [0.2, 0.25) is 11.1 Å². The molecule has 1 unspecified atom stereocenters. The lowest BCUT2D eigenvalue weighted by atomic mass is 10.1. The number of para-hydroxylation sites is 1. The molecule has 0 aliphatic carbocycles. The number of hydrogen-bond donors (Lipinski definition) is 1. The first kappa shape index (κ1) is 24.6. The summed E-state index contributed by atoms with van der Waals surface area (Å²) in [6.07, 6.45) is 0.506. The first-order valence-corrected chi connectivity index (χ1v) is 12.9. The summed E-state index contributed by atoms with van der Waals surface area (Å²) in [5, 5.41) is 22.3. The van der Waals surface area contributed by atoms with E-state index < -0.39 is 11.2 Å². The molecule has 180 valence electrons. The van der Waals surface area contributed by atoms with Crippen LogP contribution in [0.1, 0.15) is 48.0 Å². The molecule has 3 aromatic heterocycles. The second-order valence-electron chi connectivity index (χ2n) is 7.62. The summed E-state index contributed by atoms with van der Waals surface area (Å²) in [7, 11) is 0. The van der Waals surface area contributed by atoms with Crippen molar-refractivity contribution in [1.82, 2.24) is 19.7 Å². The van der Waals surface area contributed by atoms with Crippen LogP contribution in [0, 0.1) is 18.3 Å². The third kappa shape index (κ3) is 4.59. The van der Waals surface area contributed by atoms with Crippen LogP contribution < -0.4 is 5.32 Å². The Kier molecular flexibility index (Phi) is 7.33. The van der Waals surface area contributed by atoms with Gasteiger partial charge in [0, 0.05) is 11.9 Å². The predicted octanol–water partition coefficient (Wildman–Crippen LogP) is 4.93. The molecule has 0 radical (unpaired) electrons. The number of anilines is 1. The second-order valence-corrected chi connectivity index (χ2v) is 9.82. The van der Waals surface area contributed by atoms with Gasteiger partial charge in [-0.3, -0.25) is 4.79 Å². The third-order valence-corrected chi connectivity index (χ3v) is 7.94. The largest absolute Gasteiger partial charge is 0.462 e. The lowest BCUT2D eigenvalue weighted by Crippen LogP contribution is -2.24. The number of rotatable bonds is 8. The molecule has 3 heterocycles. The van der Waals surface area contributed by atoms with E-state index in [-0.39, 0.29) is 18.1 Å². The van der Waals surface area contributed by atoms with Crippen molar-refractivity contribution in [3.63, 3.8) is 0 Å². The van der Waals surface area contributed by atoms with Crippen molar-refractivity contribution in [2.24, 2.45) is 0 Å². The zero-order chi connectivity index (χ0) is 25.1. The minimum Gasteiger partial charge on any atom is -0.462 e. The molecule has 9 nitrogen and oxygen atoms in total. The smallest absolute Gasteiger partial charge is 0.348 e. The van der Waals surface area contributed by atoms with Crippen molar-refractivity contribution >= 4 is 62.0 Å². The number of benzene rings is 1. The van der Waals surface area contributed by atoms with Gasteiger partial charge in [-0.2, -0.15) is 5.26 Å². The van der Waals surface area contributed by atoms with Crippen LogP contribution in [-0.4, -0.2) is 43.5 Å². The average Bonchev–Trinajstić information content (AvgIpc) is 3.35. The Labute approximate surface area is 210 Å². The molecule has 0 saturated carbocycles. The van der Waals surface area contributed by atoms with Crippen molar-refractivity contribution in [1.29, 1.82) is 5.26 Å². The summed E-state index contributed by atoms with van der Waals surface area (Å²) < 4.78 is 7.15. The molecule has 0 saturated heterocycles. The standard InChI is InChI=1S/C24H24N6O3S2/c1-5-17(21(31)27-22-15(12-25)13(4)19(35-22)23(32)33-7-3)34-24-26-20-18(28-29-24)14-10-8-9-11-16(14)30(20)6-2/h8-11,17H,5-7H2,1-4H3,(H,27,31). The number of hydrogen-bond acceptors (Lipinski definition) is 9. The fourth-order valence-electron chi connectivity index (χ4n) is 3.83. The molecule has 4 rings (SSSR count). The predicted molar refractivity (Wildman–Crippen MR) is 137 cm³/mol. The van der Waals surface area contributed by atoms with E-state index in [2.05, 4.69) is 26.2 Å².